The lowest BCUT2D eigenvalue weighted by atomic mass is 10.3. The number of benzene rings is 2. The molecule has 0 aliphatic carbocycles. The molecule has 0 aromatic heterocycles. The second-order valence-electron chi connectivity index (χ2n) is 4.26. The molecule has 0 amide bonds. The van der Waals surface area contributed by atoms with Crippen molar-refractivity contribution in [3.63, 3.8) is 0 Å². The number of halogens is 2. The summed E-state index contributed by atoms with van der Waals surface area (Å²) in [6.45, 7) is 2.67. The van der Waals surface area contributed by atoms with Crippen LogP contribution in [0.1, 0.15) is 6.92 Å². The molecule has 0 unspecified atom stereocenters. The maximum absolute atomic E-state index is 13.7. The number of nitrogens with one attached hydrogen (secondary N) is 2. The Labute approximate surface area is 128 Å². The summed E-state index contributed by atoms with van der Waals surface area (Å²) in [5.41, 5.74) is 0.628. The van der Waals surface area contributed by atoms with Crippen LogP contribution in [0.15, 0.2) is 47.4 Å². The maximum Gasteiger partial charge on any atom is 0.261 e. The van der Waals surface area contributed by atoms with E-state index in [4.69, 9.17) is 11.6 Å². The van der Waals surface area contributed by atoms with E-state index in [1.807, 2.05) is 6.92 Å². The first-order valence-electron chi connectivity index (χ1n) is 6.25. The average molecular weight is 329 g/mol. The van der Waals surface area contributed by atoms with E-state index in [9.17, 15) is 12.8 Å². The Bertz CT molecular complexity index is 733. The summed E-state index contributed by atoms with van der Waals surface area (Å²) in [6.07, 6.45) is 0. The van der Waals surface area contributed by atoms with Crippen molar-refractivity contribution in [1.82, 2.24) is 0 Å². The summed E-state index contributed by atoms with van der Waals surface area (Å²) >= 11 is 5.63. The van der Waals surface area contributed by atoms with Gasteiger partial charge in [0, 0.05) is 12.2 Å². The average Bonchev–Trinajstić information content (AvgIpc) is 2.45. The van der Waals surface area contributed by atoms with E-state index in [1.54, 1.807) is 12.1 Å². The monoisotopic (exact) mass is 328 g/mol. The summed E-state index contributed by atoms with van der Waals surface area (Å²) in [6, 6.07) is 10.3. The lowest BCUT2D eigenvalue weighted by molar-refractivity contribution is 0.598. The molecule has 4 nitrogen and oxygen atoms in total. The molecule has 21 heavy (non-hydrogen) atoms. The molecule has 2 rings (SSSR count). The van der Waals surface area contributed by atoms with Crippen LogP contribution in [0, 0.1) is 5.82 Å². The summed E-state index contributed by atoms with van der Waals surface area (Å²) < 4.78 is 40.3. The maximum atomic E-state index is 13.7. The molecule has 0 aliphatic rings. The van der Waals surface area contributed by atoms with Crippen LogP contribution in [0.3, 0.4) is 0 Å². The minimum absolute atomic E-state index is 0.0449. The molecule has 0 atom stereocenters. The molecule has 7 heteroatoms. The van der Waals surface area contributed by atoms with E-state index in [2.05, 4.69) is 10.0 Å². The molecule has 0 saturated heterocycles. The van der Waals surface area contributed by atoms with Gasteiger partial charge in [-0.05, 0) is 43.3 Å². The topological polar surface area (TPSA) is 58.2 Å². The molecule has 0 heterocycles. The smallest absolute Gasteiger partial charge is 0.261 e. The molecule has 0 saturated carbocycles. The molecule has 2 N–H and O–H groups in total. The Kier molecular flexibility index (Phi) is 4.69. The van der Waals surface area contributed by atoms with Gasteiger partial charge in [-0.3, -0.25) is 4.72 Å². The summed E-state index contributed by atoms with van der Waals surface area (Å²) in [7, 11) is -3.86. The number of hydrogen-bond donors (Lipinski definition) is 2. The SMILES string of the molecule is CCNc1ccc(S(=O)(=O)Nc2cccc(Cl)c2F)cc1. The van der Waals surface area contributed by atoms with Gasteiger partial charge in [-0.15, -0.1) is 0 Å². The Hall–Kier alpha value is -1.79. The van der Waals surface area contributed by atoms with Crippen LogP contribution in [-0.2, 0) is 10.0 Å². The fourth-order valence-corrected chi connectivity index (χ4v) is 2.98. The van der Waals surface area contributed by atoms with Gasteiger partial charge in [0.1, 0.15) is 0 Å². The number of rotatable bonds is 5. The van der Waals surface area contributed by atoms with Crippen LogP contribution in [0.4, 0.5) is 15.8 Å². The Morgan fingerprint density at radius 2 is 1.81 bits per heavy atom. The predicted octanol–water partition coefficient (Wildman–Crippen LogP) is 3.71. The fraction of sp³-hybridized carbons (Fsp3) is 0.143. The highest BCUT2D eigenvalue weighted by atomic mass is 35.5. The van der Waals surface area contributed by atoms with Gasteiger partial charge in [-0.25, -0.2) is 12.8 Å². The quantitative estimate of drug-likeness (QED) is 0.879. The third kappa shape index (κ3) is 3.65. The molecule has 112 valence electrons. The van der Waals surface area contributed by atoms with Crippen molar-refractivity contribution in [2.75, 3.05) is 16.6 Å². The number of sulfonamides is 1. The van der Waals surface area contributed by atoms with Crippen molar-refractivity contribution in [2.24, 2.45) is 0 Å². The fourth-order valence-electron chi connectivity index (χ4n) is 1.74. The van der Waals surface area contributed by atoms with Gasteiger partial charge in [0.25, 0.3) is 10.0 Å². The van der Waals surface area contributed by atoms with E-state index in [0.29, 0.717) is 0 Å². The van der Waals surface area contributed by atoms with Crippen molar-refractivity contribution in [1.29, 1.82) is 0 Å². The van der Waals surface area contributed by atoms with Crippen LogP contribution < -0.4 is 10.0 Å². The lowest BCUT2D eigenvalue weighted by Crippen LogP contribution is -2.14. The van der Waals surface area contributed by atoms with Crippen LogP contribution >= 0.6 is 11.6 Å². The largest absolute Gasteiger partial charge is 0.385 e. The number of hydrogen-bond acceptors (Lipinski definition) is 3. The van der Waals surface area contributed by atoms with Crippen molar-refractivity contribution in [3.05, 3.63) is 53.3 Å². The Morgan fingerprint density at radius 3 is 2.43 bits per heavy atom. The summed E-state index contributed by atoms with van der Waals surface area (Å²) in [5, 5.41) is 2.92. The second-order valence-corrected chi connectivity index (χ2v) is 6.35. The molecular formula is C14H14ClFN2O2S. The molecule has 2 aromatic rings. The second kappa shape index (κ2) is 6.32. The summed E-state index contributed by atoms with van der Waals surface area (Å²) in [5.74, 6) is -0.799. The minimum Gasteiger partial charge on any atom is -0.385 e. The zero-order valence-corrected chi connectivity index (χ0v) is 12.8. The van der Waals surface area contributed by atoms with E-state index >= 15 is 0 Å². The molecule has 0 spiro atoms. The van der Waals surface area contributed by atoms with Gasteiger partial charge < -0.3 is 5.32 Å². The number of anilines is 2. The van der Waals surface area contributed by atoms with Crippen LogP contribution in [0.25, 0.3) is 0 Å². The predicted molar refractivity (Wildman–Crippen MR) is 82.8 cm³/mol. The van der Waals surface area contributed by atoms with Crippen LogP contribution in [0.5, 0.6) is 0 Å². The normalized spacial score (nSPS) is 11.2. The highest BCUT2D eigenvalue weighted by Crippen LogP contribution is 2.25. The Balaban J connectivity index is 2.27. The first kappa shape index (κ1) is 15.6. The molecular weight excluding hydrogens is 315 g/mol. The molecule has 0 fully saturated rings. The first-order chi connectivity index (χ1) is 9.94. The van der Waals surface area contributed by atoms with Crippen molar-refractivity contribution in [2.45, 2.75) is 11.8 Å². The lowest BCUT2D eigenvalue weighted by Gasteiger charge is -2.10. The van der Waals surface area contributed by atoms with Crippen LogP contribution in [0.2, 0.25) is 5.02 Å². The van der Waals surface area contributed by atoms with E-state index < -0.39 is 15.8 Å². The van der Waals surface area contributed by atoms with E-state index in [0.717, 1.165) is 12.2 Å². The van der Waals surface area contributed by atoms with Gasteiger partial charge in [0.05, 0.1) is 15.6 Å². The molecule has 0 radical (unpaired) electrons. The van der Waals surface area contributed by atoms with Gasteiger partial charge in [-0.1, -0.05) is 17.7 Å². The van der Waals surface area contributed by atoms with Gasteiger partial charge >= 0.3 is 0 Å². The Morgan fingerprint density at radius 1 is 1.14 bits per heavy atom. The zero-order valence-electron chi connectivity index (χ0n) is 11.2. The van der Waals surface area contributed by atoms with E-state index in [-0.39, 0.29) is 15.6 Å². The summed E-state index contributed by atoms with van der Waals surface area (Å²) in [4.78, 5) is 0.0449. The molecule has 0 aliphatic heterocycles. The first-order valence-corrected chi connectivity index (χ1v) is 8.11. The van der Waals surface area contributed by atoms with Crippen molar-refractivity contribution in [3.8, 4) is 0 Å². The van der Waals surface area contributed by atoms with Crippen LogP contribution in [-0.4, -0.2) is 15.0 Å². The minimum atomic E-state index is -3.86. The molecule has 0 bridgehead atoms. The van der Waals surface area contributed by atoms with Gasteiger partial charge in [0.2, 0.25) is 0 Å². The molecule has 2 aromatic carbocycles. The van der Waals surface area contributed by atoms with Gasteiger partial charge in [-0.2, -0.15) is 0 Å². The van der Waals surface area contributed by atoms with Gasteiger partial charge in [0.15, 0.2) is 5.82 Å². The highest BCUT2D eigenvalue weighted by Gasteiger charge is 2.17. The van der Waals surface area contributed by atoms with E-state index in [1.165, 1.54) is 30.3 Å². The standard InChI is InChI=1S/C14H14ClFN2O2S/c1-2-17-10-6-8-11(9-7-10)21(19,20)18-13-5-3-4-12(15)14(13)16/h3-9,17-18H,2H2,1H3. The van der Waals surface area contributed by atoms with Crippen molar-refractivity contribution < 1.29 is 12.8 Å². The highest BCUT2D eigenvalue weighted by molar-refractivity contribution is 7.92. The van der Waals surface area contributed by atoms with Crippen molar-refractivity contribution >= 4 is 33.0 Å². The zero-order chi connectivity index (χ0) is 15.5. The third-order valence-electron chi connectivity index (χ3n) is 2.74. The third-order valence-corrected chi connectivity index (χ3v) is 4.41.